The highest BCUT2D eigenvalue weighted by Crippen LogP contribution is 2.23. The molecule has 7 heteroatoms. The van der Waals surface area contributed by atoms with Crippen molar-refractivity contribution in [3.05, 3.63) is 59.4 Å². The SMILES string of the molecule is CN=C(NCCc1nc2ccccc2[nH]1)NC1CCN(c2cccc(Cl)c2)C1. The van der Waals surface area contributed by atoms with E-state index in [0.717, 1.165) is 60.3 Å². The fraction of sp³-hybridized carbons (Fsp3) is 0.333. The molecule has 6 nitrogen and oxygen atoms in total. The van der Waals surface area contributed by atoms with Gasteiger partial charge in [0.05, 0.1) is 11.0 Å². The second-order valence-electron chi connectivity index (χ2n) is 7.01. The maximum Gasteiger partial charge on any atom is 0.191 e. The lowest BCUT2D eigenvalue weighted by atomic mass is 10.2. The molecule has 0 amide bonds. The van der Waals surface area contributed by atoms with Crippen LogP contribution in [0.3, 0.4) is 0 Å². The average molecular weight is 397 g/mol. The number of benzene rings is 2. The van der Waals surface area contributed by atoms with Gasteiger partial charge in [-0.1, -0.05) is 29.8 Å². The normalized spacial score (nSPS) is 17.3. The predicted octanol–water partition coefficient (Wildman–Crippen LogP) is 3.20. The molecule has 1 atom stereocenters. The van der Waals surface area contributed by atoms with Gasteiger partial charge < -0.3 is 20.5 Å². The van der Waals surface area contributed by atoms with Crippen molar-refractivity contribution in [3.63, 3.8) is 0 Å². The van der Waals surface area contributed by atoms with Crippen molar-refractivity contribution in [1.29, 1.82) is 0 Å². The summed E-state index contributed by atoms with van der Waals surface area (Å²) in [6, 6.07) is 16.5. The molecule has 1 unspecified atom stereocenters. The molecule has 0 bridgehead atoms. The molecule has 2 aromatic carbocycles. The van der Waals surface area contributed by atoms with Crippen LogP contribution >= 0.6 is 11.6 Å². The summed E-state index contributed by atoms with van der Waals surface area (Å²) in [7, 11) is 1.81. The minimum atomic E-state index is 0.358. The van der Waals surface area contributed by atoms with E-state index in [4.69, 9.17) is 11.6 Å². The zero-order valence-electron chi connectivity index (χ0n) is 16.0. The number of aromatic amines is 1. The molecule has 1 aromatic heterocycles. The second kappa shape index (κ2) is 8.52. The number of H-pyrrole nitrogens is 1. The molecule has 146 valence electrons. The van der Waals surface area contributed by atoms with Gasteiger partial charge in [-0.25, -0.2) is 4.98 Å². The van der Waals surface area contributed by atoms with Crippen LogP contribution in [-0.4, -0.2) is 48.7 Å². The minimum absolute atomic E-state index is 0.358. The molecular weight excluding hydrogens is 372 g/mol. The Morgan fingerprint density at radius 2 is 2.18 bits per heavy atom. The first-order valence-corrected chi connectivity index (χ1v) is 10.0. The van der Waals surface area contributed by atoms with Crippen molar-refractivity contribution < 1.29 is 0 Å². The van der Waals surface area contributed by atoms with E-state index < -0.39 is 0 Å². The Bertz CT molecular complexity index is 933. The molecule has 0 spiro atoms. The summed E-state index contributed by atoms with van der Waals surface area (Å²) < 4.78 is 0. The van der Waals surface area contributed by atoms with Crippen LogP contribution < -0.4 is 15.5 Å². The number of guanidine groups is 1. The number of nitrogens with one attached hydrogen (secondary N) is 3. The van der Waals surface area contributed by atoms with Crippen molar-refractivity contribution in [2.75, 3.05) is 31.6 Å². The average Bonchev–Trinajstić information content (AvgIpc) is 3.33. The summed E-state index contributed by atoms with van der Waals surface area (Å²) in [6.45, 7) is 2.71. The van der Waals surface area contributed by atoms with Crippen LogP contribution in [0.25, 0.3) is 11.0 Å². The molecular formula is C21H25ClN6. The zero-order chi connectivity index (χ0) is 19.3. The number of aromatic nitrogens is 2. The molecule has 28 heavy (non-hydrogen) atoms. The second-order valence-corrected chi connectivity index (χ2v) is 7.44. The lowest BCUT2D eigenvalue weighted by Gasteiger charge is -2.20. The summed E-state index contributed by atoms with van der Waals surface area (Å²) in [6.07, 6.45) is 1.88. The van der Waals surface area contributed by atoms with Crippen LogP contribution in [-0.2, 0) is 6.42 Å². The summed E-state index contributed by atoms with van der Waals surface area (Å²) in [5, 5.41) is 7.69. The lowest BCUT2D eigenvalue weighted by molar-refractivity contribution is 0.647. The van der Waals surface area contributed by atoms with Crippen LogP contribution in [0.2, 0.25) is 5.02 Å². The van der Waals surface area contributed by atoms with Gasteiger partial charge in [-0.2, -0.15) is 0 Å². The Balaban J connectivity index is 1.27. The van der Waals surface area contributed by atoms with Crippen molar-refractivity contribution in [2.45, 2.75) is 18.9 Å². The van der Waals surface area contributed by atoms with E-state index in [-0.39, 0.29) is 0 Å². The summed E-state index contributed by atoms with van der Waals surface area (Å²) in [5.74, 6) is 1.81. The number of rotatable bonds is 5. The van der Waals surface area contributed by atoms with Crippen LogP contribution in [0, 0.1) is 0 Å². The third-order valence-electron chi connectivity index (χ3n) is 5.02. The maximum absolute atomic E-state index is 6.12. The van der Waals surface area contributed by atoms with E-state index in [1.165, 1.54) is 5.69 Å². The third kappa shape index (κ3) is 4.39. The van der Waals surface area contributed by atoms with Gasteiger partial charge >= 0.3 is 0 Å². The first kappa shape index (κ1) is 18.6. The lowest BCUT2D eigenvalue weighted by Crippen LogP contribution is -2.45. The first-order valence-electron chi connectivity index (χ1n) is 9.62. The van der Waals surface area contributed by atoms with E-state index in [1.54, 1.807) is 7.05 Å². The highest BCUT2D eigenvalue weighted by atomic mass is 35.5. The minimum Gasteiger partial charge on any atom is -0.369 e. The van der Waals surface area contributed by atoms with Gasteiger partial charge in [0.1, 0.15) is 5.82 Å². The summed E-state index contributed by atoms with van der Waals surface area (Å²) in [5.41, 5.74) is 3.25. The van der Waals surface area contributed by atoms with E-state index in [1.807, 2.05) is 42.5 Å². The molecule has 4 rings (SSSR count). The number of hydrogen-bond donors (Lipinski definition) is 3. The van der Waals surface area contributed by atoms with Crippen molar-refractivity contribution in [1.82, 2.24) is 20.6 Å². The Morgan fingerprint density at radius 3 is 3.00 bits per heavy atom. The van der Waals surface area contributed by atoms with Gasteiger partial charge in [0, 0.05) is 49.9 Å². The number of fused-ring (bicyclic) bond motifs is 1. The topological polar surface area (TPSA) is 68.3 Å². The fourth-order valence-electron chi connectivity index (χ4n) is 3.60. The van der Waals surface area contributed by atoms with Gasteiger partial charge in [-0.05, 0) is 36.8 Å². The standard InChI is InChI=1S/C21H25ClN6/c1-23-21(24-11-9-20-26-18-7-2-3-8-19(18)27-20)25-16-10-12-28(14-16)17-6-4-5-15(22)13-17/h2-8,13,16H,9-12,14H2,1H3,(H,26,27)(H2,23,24,25). The smallest absolute Gasteiger partial charge is 0.191 e. The highest BCUT2D eigenvalue weighted by Gasteiger charge is 2.23. The largest absolute Gasteiger partial charge is 0.369 e. The molecule has 0 saturated carbocycles. The van der Waals surface area contributed by atoms with Gasteiger partial charge in [0.15, 0.2) is 5.96 Å². The predicted molar refractivity (Wildman–Crippen MR) is 116 cm³/mol. The Kier molecular flexibility index (Phi) is 5.67. The van der Waals surface area contributed by atoms with E-state index in [2.05, 4.69) is 36.6 Å². The molecule has 3 aromatic rings. The number of nitrogens with zero attached hydrogens (tertiary/aromatic N) is 3. The molecule has 0 radical (unpaired) electrons. The van der Waals surface area contributed by atoms with E-state index in [0.29, 0.717) is 6.04 Å². The van der Waals surface area contributed by atoms with Gasteiger partial charge in [0.2, 0.25) is 0 Å². The molecule has 3 N–H and O–H groups in total. The third-order valence-corrected chi connectivity index (χ3v) is 5.25. The summed E-state index contributed by atoms with van der Waals surface area (Å²) in [4.78, 5) is 14.7. The number of aliphatic imine (C=N–C) groups is 1. The van der Waals surface area contributed by atoms with Crippen molar-refractivity contribution in [2.24, 2.45) is 4.99 Å². The Hall–Kier alpha value is -2.73. The summed E-state index contributed by atoms with van der Waals surface area (Å²) >= 11 is 6.12. The van der Waals surface area contributed by atoms with Crippen molar-refractivity contribution in [3.8, 4) is 0 Å². The number of anilines is 1. The molecule has 1 saturated heterocycles. The Labute approximate surface area is 170 Å². The van der Waals surface area contributed by atoms with Crippen LogP contribution in [0.5, 0.6) is 0 Å². The number of hydrogen-bond acceptors (Lipinski definition) is 3. The number of para-hydroxylation sites is 2. The molecule has 1 aliphatic heterocycles. The van der Waals surface area contributed by atoms with Gasteiger partial charge in [-0.15, -0.1) is 0 Å². The highest BCUT2D eigenvalue weighted by molar-refractivity contribution is 6.30. The molecule has 1 fully saturated rings. The molecule has 2 heterocycles. The van der Waals surface area contributed by atoms with Crippen molar-refractivity contribution >= 4 is 34.3 Å². The van der Waals surface area contributed by atoms with E-state index >= 15 is 0 Å². The zero-order valence-corrected chi connectivity index (χ0v) is 16.7. The number of halogens is 1. The Morgan fingerprint density at radius 1 is 1.29 bits per heavy atom. The van der Waals surface area contributed by atoms with Gasteiger partial charge in [-0.3, -0.25) is 4.99 Å². The quantitative estimate of drug-likeness (QED) is 0.457. The van der Waals surface area contributed by atoms with Gasteiger partial charge in [0.25, 0.3) is 0 Å². The number of imidazole rings is 1. The molecule has 0 aliphatic carbocycles. The van der Waals surface area contributed by atoms with E-state index in [9.17, 15) is 0 Å². The monoisotopic (exact) mass is 396 g/mol. The fourth-order valence-corrected chi connectivity index (χ4v) is 3.78. The first-order chi connectivity index (χ1) is 13.7. The van der Waals surface area contributed by atoms with Crippen LogP contribution in [0.1, 0.15) is 12.2 Å². The molecule has 1 aliphatic rings. The maximum atomic E-state index is 6.12. The van der Waals surface area contributed by atoms with Crippen LogP contribution in [0.15, 0.2) is 53.5 Å². The van der Waals surface area contributed by atoms with Crippen LogP contribution in [0.4, 0.5) is 5.69 Å².